The fourth-order valence-electron chi connectivity index (χ4n) is 1.55. The van der Waals surface area contributed by atoms with Crippen molar-refractivity contribution >= 4 is 31.3 Å². The van der Waals surface area contributed by atoms with Crippen molar-refractivity contribution in [1.29, 1.82) is 0 Å². The predicted molar refractivity (Wildman–Crippen MR) is 71.9 cm³/mol. The van der Waals surface area contributed by atoms with E-state index in [9.17, 15) is 4.57 Å². The van der Waals surface area contributed by atoms with Gasteiger partial charge in [0.25, 0.3) is 0 Å². The molecule has 0 radical (unpaired) electrons. The lowest BCUT2D eigenvalue weighted by molar-refractivity contribution is 0.404. The Balaban J connectivity index is 3.50. The minimum absolute atomic E-state index is 0.362. The Labute approximate surface area is 110 Å². The van der Waals surface area contributed by atoms with Crippen molar-refractivity contribution in [3.8, 4) is 11.5 Å². The molecule has 0 bridgehead atoms. The maximum atomic E-state index is 10.8. The Morgan fingerprint density at radius 3 is 1.81 bits per heavy atom. The Hall–Kier alpha value is -0.260. The van der Waals surface area contributed by atoms with Crippen LogP contribution in [0.5, 0.6) is 11.5 Å². The molecule has 1 atom stereocenters. The average molecular weight is 356 g/mol. The van der Waals surface area contributed by atoms with Crippen molar-refractivity contribution in [3.05, 3.63) is 22.3 Å². The number of benzene rings is 1. The summed E-state index contributed by atoms with van der Waals surface area (Å²) in [4.78, 5) is 8.87. The lowest BCUT2D eigenvalue weighted by Crippen LogP contribution is -1.98. The first-order chi connectivity index (χ1) is 7.40. The van der Waals surface area contributed by atoms with E-state index in [4.69, 9.17) is 12.5 Å². The van der Waals surface area contributed by atoms with Gasteiger partial charge in [0, 0.05) is 0 Å². The first-order valence-corrected chi connectivity index (χ1v) is 6.84. The van der Waals surface area contributed by atoms with E-state index >= 15 is 0 Å². The van der Waals surface area contributed by atoms with Gasteiger partial charge in [0.1, 0.15) is 0 Å². The first kappa shape index (κ1) is 13.8. The number of hydrogen-bond donors (Lipinski definition) is 1. The fraction of sp³-hybridized carbons (Fsp3) is 0.400. The summed E-state index contributed by atoms with van der Waals surface area (Å²) in [5.41, 5.74) is 3.92. The molecule has 0 heterocycles. The van der Waals surface area contributed by atoms with Gasteiger partial charge in [-0.15, -0.1) is 0 Å². The van der Waals surface area contributed by atoms with E-state index in [0.717, 1.165) is 22.3 Å². The van der Waals surface area contributed by atoms with E-state index in [2.05, 4.69) is 0 Å². The third-order valence-electron chi connectivity index (χ3n) is 2.84. The molecule has 0 saturated heterocycles. The highest BCUT2D eigenvalue weighted by molar-refractivity contribution is 14.1. The van der Waals surface area contributed by atoms with E-state index in [1.807, 2.05) is 27.7 Å². The minimum atomic E-state index is -3.02. The van der Waals surface area contributed by atoms with Gasteiger partial charge in [0.05, 0.1) is 0 Å². The van der Waals surface area contributed by atoms with Crippen LogP contribution in [-0.2, 0) is 4.57 Å². The molecule has 0 saturated carbocycles. The highest BCUT2D eigenvalue weighted by Crippen LogP contribution is 2.43. The van der Waals surface area contributed by atoms with Crippen LogP contribution in [0.15, 0.2) is 0 Å². The average Bonchev–Trinajstić information content (AvgIpc) is 2.23. The number of rotatable bonds is 3. The van der Waals surface area contributed by atoms with E-state index in [1.54, 1.807) is 23.0 Å². The maximum Gasteiger partial charge on any atom is 0.365 e. The van der Waals surface area contributed by atoms with Gasteiger partial charge in [0.15, 0.2) is 34.5 Å². The summed E-state index contributed by atoms with van der Waals surface area (Å²) in [7, 11) is -3.02. The highest BCUT2D eigenvalue weighted by Gasteiger charge is 2.18. The fourth-order valence-corrected chi connectivity index (χ4v) is 2.50. The van der Waals surface area contributed by atoms with Crippen molar-refractivity contribution in [2.24, 2.45) is 0 Å². The zero-order chi connectivity index (χ0) is 12.5. The van der Waals surface area contributed by atoms with Crippen molar-refractivity contribution < 1.29 is 17.0 Å². The Kier molecular flexibility index (Phi) is 4.64. The van der Waals surface area contributed by atoms with Crippen molar-refractivity contribution in [1.82, 2.24) is 0 Å². The van der Waals surface area contributed by atoms with Gasteiger partial charge < -0.3 is 12.5 Å². The molecule has 1 aromatic rings. The van der Waals surface area contributed by atoms with Crippen LogP contribution in [0.25, 0.3) is 0 Å². The number of halogens is 1. The summed E-state index contributed by atoms with van der Waals surface area (Å²) in [6.45, 7) is 7.69. The van der Waals surface area contributed by atoms with E-state index in [1.165, 1.54) is 0 Å². The van der Waals surface area contributed by atoms with Crippen molar-refractivity contribution in [3.63, 3.8) is 0 Å². The van der Waals surface area contributed by atoms with Crippen LogP contribution in [0.1, 0.15) is 22.3 Å². The van der Waals surface area contributed by atoms with Gasteiger partial charge in [-0.05, 0) is 49.9 Å². The lowest BCUT2D eigenvalue weighted by atomic mass is 9.98. The molecule has 6 heteroatoms. The molecule has 1 aromatic carbocycles. The second-order valence-electron chi connectivity index (χ2n) is 3.60. The molecule has 4 nitrogen and oxygen atoms in total. The normalized spacial score (nSPS) is 12.4. The maximum absolute atomic E-state index is 10.8. The monoisotopic (exact) mass is 356 g/mol. The van der Waals surface area contributed by atoms with Crippen LogP contribution >= 0.6 is 31.3 Å². The quantitative estimate of drug-likeness (QED) is 0.666. The van der Waals surface area contributed by atoms with E-state index < -0.39 is 8.25 Å². The second kappa shape index (κ2) is 5.38. The van der Waals surface area contributed by atoms with Gasteiger partial charge in [-0.1, -0.05) is 0 Å². The zero-order valence-electron chi connectivity index (χ0n) is 9.55. The summed E-state index contributed by atoms with van der Waals surface area (Å²) >= 11 is 1.74. The van der Waals surface area contributed by atoms with Crippen LogP contribution < -0.4 is 7.59 Å². The predicted octanol–water partition coefficient (Wildman–Crippen LogP) is 3.41. The SMILES string of the molecule is Cc1c(C)c(C)c(O[PH](=O)O)c(OI)c1C. The minimum Gasteiger partial charge on any atom is -0.423 e. The van der Waals surface area contributed by atoms with Crippen molar-refractivity contribution in [2.45, 2.75) is 27.7 Å². The van der Waals surface area contributed by atoms with Crippen LogP contribution in [0.2, 0.25) is 0 Å². The molecule has 0 aromatic heterocycles. The van der Waals surface area contributed by atoms with Gasteiger partial charge in [-0.25, -0.2) is 4.57 Å². The summed E-state index contributed by atoms with van der Waals surface area (Å²) in [6.07, 6.45) is 0. The summed E-state index contributed by atoms with van der Waals surface area (Å²) in [5.74, 6) is 0.884. The third-order valence-corrected chi connectivity index (χ3v) is 3.66. The van der Waals surface area contributed by atoms with Gasteiger partial charge >= 0.3 is 8.25 Å². The van der Waals surface area contributed by atoms with Crippen LogP contribution in [-0.4, -0.2) is 4.89 Å². The second-order valence-corrected chi connectivity index (χ2v) is 4.78. The zero-order valence-corrected chi connectivity index (χ0v) is 12.7. The van der Waals surface area contributed by atoms with Gasteiger partial charge in [-0.2, -0.15) is 0 Å². The van der Waals surface area contributed by atoms with Crippen LogP contribution in [0, 0.1) is 27.7 Å². The standard InChI is InChI=1S/C10H14IO4P/c1-5-6(2)8(4)10(15-16(12)13)9(14-11)7(5)3/h16H,1-4H3,(H,12,13). The van der Waals surface area contributed by atoms with Crippen LogP contribution in [0.3, 0.4) is 0 Å². The Morgan fingerprint density at radius 1 is 1.00 bits per heavy atom. The smallest absolute Gasteiger partial charge is 0.365 e. The Morgan fingerprint density at radius 2 is 1.44 bits per heavy atom. The third kappa shape index (κ3) is 2.52. The van der Waals surface area contributed by atoms with Crippen LogP contribution in [0.4, 0.5) is 0 Å². The first-order valence-electron chi connectivity index (χ1n) is 4.69. The number of hydrogen-bond acceptors (Lipinski definition) is 3. The molecule has 0 aliphatic heterocycles. The summed E-state index contributed by atoms with van der Waals surface area (Å²) in [5, 5.41) is 0. The molecule has 0 fully saturated rings. The van der Waals surface area contributed by atoms with Gasteiger partial charge in [0.2, 0.25) is 0 Å². The van der Waals surface area contributed by atoms with Crippen molar-refractivity contribution in [2.75, 3.05) is 0 Å². The van der Waals surface area contributed by atoms with Gasteiger partial charge in [-0.3, -0.25) is 0 Å². The Bertz CT molecular complexity index is 445. The topological polar surface area (TPSA) is 55.8 Å². The lowest BCUT2D eigenvalue weighted by Gasteiger charge is -2.17. The molecule has 0 aliphatic rings. The molecular weight excluding hydrogens is 342 g/mol. The molecular formula is C10H14IO4P. The molecule has 90 valence electrons. The largest absolute Gasteiger partial charge is 0.423 e. The molecule has 1 unspecified atom stereocenters. The molecule has 0 aliphatic carbocycles. The highest BCUT2D eigenvalue weighted by atomic mass is 127. The summed E-state index contributed by atoms with van der Waals surface area (Å²) < 4.78 is 21.0. The van der Waals surface area contributed by atoms with E-state index in [0.29, 0.717) is 11.5 Å². The molecule has 0 spiro atoms. The molecule has 16 heavy (non-hydrogen) atoms. The molecule has 1 rings (SSSR count). The molecule has 1 N–H and O–H groups in total. The van der Waals surface area contributed by atoms with E-state index in [-0.39, 0.29) is 0 Å². The molecule has 0 amide bonds. The summed E-state index contributed by atoms with van der Waals surface area (Å²) in [6, 6.07) is 0.